The Morgan fingerprint density at radius 2 is 1.65 bits per heavy atom. The molecule has 0 fully saturated rings. The maximum Gasteiger partial charge on any atom is 2.00 e. The zero-order chi connectivity index (χ0) is 14.1. The first-order chi connectivity index (χ1) is 9.11. The summed E-state index contributed by atoms with van der Waals surface area (Å²) in [6.07, 6.45) is 7.87. The first-order valence-corrected chi connectivity index (χ1v) is 7.40. The largest absolute Gasteiger partial charge is 2.00 e. The number of unbranched alkanes of at least 4 members (excludes halogenated alkanes) is 5. The van der Waals surface area contributed by atoms with Crippen molar-refractivity contribution in [1.82, 2.24) is 0 Å². The quantitative estimate of drug-likeness (QED) is 0.531. The van der Waals surface area contributed by atoms with Gasteiger partial charge in [-0.15, -0.1) is 0 Å². The Morgan fingerprint density at radius 1 is 1.10 bits per heavy atom. The minimum absolute atomic E-state index is 0. The third-order valence-corrected chi connectivity index (χ3v) is 3.91. The number of rotatable bonds is 9. The average molecular weight is 289 g/mol. The first-order valence-electron chi connectivity index (χ1n) is 7.40. The van der Waals surface area contributed by atoms with Crippen molar-refractivity contribution in [1.29, 1.82) is 0 Å². The van der Waals surface area contributed by atoms with Crippen molar-refractivity contribution in [2.45, 2.75) is 64.2 Å². The molecule has 0 aliphatic rings. The van der Waals surface area contributed by atoms with E-state index in [1.807, 2.05) is 37.3 Å². The molecule has 0 saturated carbocycles. The van der Waals surface area contributed by atoms with E-state index < -0.39 is 11.4 Å². The van der Waals surface area contributed by atoms with Gasteiger partial charge < -0.3 is 7.96 Å². The van der Waals surface area contributed by atoms with Crippen LogP contribution >= 0.6 is 0 Å². The van der Waals surface area contributed by atoms with Crippen LogP contribution in [0.5, 0.6) is 0 Å². The summed E-state index contributed by atoms with van der Waals surface area (Å²) in [6.45, 7) is 4.05. The van der Waals surface area contributed by atoms with Gasteiger partial charge in [-0.25, -0.2) is 0 Å². The van der Waals surface area contributed by atoms with Crippen LogP contribution in [0.15, 0.2) is 30.3 Å². The molecule has 1 aromatic carbocycles. The SMILES string of the molecule is CCCCCCCCC(C)(C(=O)O)c1ccccc1.[H-].[H-].[Mg+2]. The molecule has 0 radical (unpaired) electrons. The second-order valence-corrected chi connectivity index (χ2v) is 5.52. The van der Waals surface area contributed by atoms with Gasteiger partial charge in [-0.05, 0) is 18.9 Å². The Kier molecular flexibility index (Phi) is 9.94. The molecule has 0 saturated heterocycles. The molecular formula is C17H28MgO2. The minimum atomic E-state index is -0.744. The molecule has 1 N–H and O–H groups in total. The topological polar surface area (TPSA) is 37.3 Å². The van der Waals surface area contributed by atoms with Gasteiger partial charge in [0.25, 0.3) is 0 Å². The van der Waals surface area contributed by atoms with E-state index in [-0.39, 0.29) is 25.9 Å². The summed E-state index contributed by atoms with van der Waals surface area (Å²) in [5.41, 5.74) is 0.169. The van der Waals surface area contributed by atoms with Crippen LogP contribution in [-0.4, -0.2) is 34.1 Å². The van der Waals surface area contributed by atoms with Crippen LogP contribution in [0.3, 0.4) is 0 Å². The van der Waals surface area contributed by atoms with Crippen molar-refractivity contribution in [3.63, 3.8) is 0 Å². The molecule has 1 rings (SSSR count). The van der Waals surface area contributed by atoms with Crippen LogP contribution in [0.1, 0.15) is 67.2 Å². The van der Waals surface area contributed by atoms with Crippen LogP contribution in [0, 0.1) is 0 Å². The molecule has 0 bridgehead atoms. The van der Waals surface area contributed by atoms with Crippen molar-refractivity contribution >= 4 is 29.0 Å². The van der Waals surface area contributed by atoms with Gasteiger partial charge in [-0.3, -0.25) is 4.79 Å². The van der Waals surface area contributed by atoms with Crippen molar-refractivity contribution in [3.05, 3.63) is 35.9 Å². The molecule has 0 aliphatic carbocycles. The number of benzene rings is 1. The zero-order valence-corrected chi connectivity index (χ0v) is 14.3. The second kappa shape index (κ2) is 10.2. The van der Waals surface area contributed by atoms with Gasteiger partial charge in [0.05, 0.1) is 5.41 Å². The van der Waals surface area contributed by atoms with E-state index in [1.165, 1.54) is 25.7 Å². The van der Waals surface area contributed by atoms with Crippen LogP contribution in [0.2, 0.25) is 0 Å². The standard InChI is InChI=1S/C17H26O2.Mg.2H/c1-3-4-5-6-7-11-14-17(2,16(18)19)15-12-9-8-10-13-15;;;/h8-10,12-13H,3-7,11,14H2,1-2H3,(H,18,19);;;/q;+2;2*-1. The maximum atomic E-state index is 11.6. The van der Waals surface area contributed by atoms with Crippen LogP contribution in [-0.2, 0) is 10.2 Å². The van der Waals surface area contributed by atoms with Crippen molar-refractivity contribution in [3.8, 4) is 0 Å². The van der Waals surface area contributed by atoms with Crippen LogP contribution in [0.25, 0.3) is 0 Å². The molecule has 3 heteroatoms. The van der Waals surface area contributed by atoms with Gasteiger partial charge in [-0.2, -0.15) is 0 Å². The van der Waals surface area contributed by atoms with E-state index in [9.17, 15) is 9.90 Å². The van der Waals surface area contributed by atoms with E-state index in [1.54, 1.807) is 0 Å². The van der Waals surface area contributed by atoms with E-state index in [0.29, 0.717) is 0 Å². The third kappa shape index (κ3) is 5.84. The Labute approximate surface area is 142 Å². The molecule has 0 aromatic heterocycles. The van der Waals surface area contributed by atoms with Crippen LogP contribution < -0.4 is 0 Å². The minimum Gasteiger partial charge on any atom is -1.00 e. The molecule has 0 amide bonds. The average Bonchev–Trinajstić information content (AvgIpc) is 2.43. The summed E-state index contributed by atoms with van der Waals surface area (Å²) in [5.74, 6) is -0.716. The number of carboxylic acids is 1. The van der Waals surface area contributed by atoms with Gasteiger partial charge >= 0.3 is 29.0 Å². The molecule has 2 nitrogen and oxygen atoms in total. The van der Waals surface area contributed by atoms with Crippen molar-refractivity contribution in [2.24, 2.45) is 0 Å². The van der Waals surface area contributed by atoms with E-state index in [0.717, 1.165) is 24.8 Å². The third-order valence-electron chi connectivity index (χ3n) is 3.91. The van der Waals surface area contributed by atoms with Gasteiger partial charge in [0, 0.05) is 0 Å². The summed E-state index contributed by atoms with van der Waals surface area (Å²) >= 11 is 0. The van der Waals surface area contributed by atoms with E-state index in [2.05, 4.69) is 6.92 Å². The molecule has 110 valence electrons. The van der Waals surface area contributed by atoms with Gasteiger partial charge in [0.1, 0.15) is 0 Å². The number of hydrogen-bond acceptors (Lipinski definition) is 1. The first kappa shape index (κ1) is 19.5. The van der Waals surface area contributed by atoms with Crippen molar-refractivity contribution in [2.75, 3.05) is 0 Å². The molecule has 1 aromatic rings. The normalized spacial score (nSPS) is 13.3. The van der Waals surface area contributed by atoms with Crippen LogP contribution in [0.4, 0.5) is 0 Å². The number of carboxylic acid groups (broad SMARTS) is 1. The molecule has 1 unspecified atom stereocenters. The zero-order valence-electron chi connectivity index (χ0n) is 14.9. The molecule has 0 spiro atoms. The predicted octanol–water partition coefficient (Wildman–Crippen LogP) is 4.62. The Morgan fingerprint density at radius 3 is 2.20 bits per heavy atom. The van der Waals surface area contributed by atoms with Crippen molar-refractivity contribution < 1.29 is 12.8 Å². The smallest absolute Gasteiger partial charge is 1.00 e. The monoisotopic (exact) mass is 288 g/mol. The molecule has 0 heterocycles. The second-order valence-electron chi connectivity index (χ2n) is 5.52. The summed E-state index contributed by atoms with van der Waals surface area (Å²) in [7, 11) is 0. The Bertz CT molecular complexity index is 388. The molecule has 0 aliphatic heterocycles. The van der Waals surface area contributed by atoms with Gasteiger partial charge in [0.2, 0.25) is 0 Å². The Hall–Kier alpha value is -0.544. The van der Waals surface area contributed by atoms with E-state index >= 15 is 0 Å². The molecule has 1 atom stereocenters. The number of aliphatic carboxylic acids is 1. The fourth-order valence-corrected chi connectivity index (χ4v) is 2.44. The van der Waals surface area contributed by atoms with E-state index in [4.69, 9.17) is 0 Å². The molecule has 20 heavy (non-hydrogen) atoms. The summed E-state index contributed by atoms with van der Waals surface area (Å²) in [4.78, 5) is 11.6. The predicted molar refractivity (Wildman–Crippen MR) is 87.4 cm³/mol. The van der Waals surface area contributed by atoms with Gasteiger partial charge in [-0.1, -0.05) is 75.8 Å². The maximum absolute atomic E-state index is 11.6. The fraction of sp³-hybridized carbons (Fsp3) is 0.588. The summed E-state index contributed by atoms with van der Waals surface area (Å²) in [5, 5.41) is 9.53. The summed E-state index contributed by atoms with van der Waals surface area (Å²) in [6, 6.07) is 9.60. The number of carbonyl (C=O) groups is 1. The fourth-order valence-electron chi connectivity index (χ4n) is 2.44. The summed E-state index contributed by atoms with van der Waals surface area (Å²) < 4.78 is 0. The molecular weight excluding hydrogens is 260 g/mol. The number of hydrogen-bond donors (Lipinski definition) is 1. The Balaban J connectivity index is -0.00000120. The van der Waals surface area contributed by atoms with Gasteiger partial charge in [0.15, 0.2) is 0 Å².